The maximum absolute atomic E-state index is 12.1. The second kappa shape index (κ2) is 5.33. The Morgan fingerprint density at radius 2 is 2.16 bits per heavy atom. The molecule has 1 spiro atoms. The fraction of sp³-hybridized carbons (Fsp3) is 0.562. The molecule has 0 amide bonds. The van der Waals surface area contributed by atoms with E-state index in [9.17, 15) is 4.79 Å². The summed E-state index contributed by atoms with van der Waals surface area (Å²) in [7, 11) is 0. The summed E-state index contributed by atoms with van der Waals surface area (Å²) in [5.74, 6) is -0.0296. The summed E-state index contributed by atoms with van der Waals surface area (Å²) in [6.07, 6.45) is 5.01. The van der Waals surface area contributed by atoms with Gasteiger partial charge in [0.05, 0.1) is 11.5 Å². The molecule has 2 atom stereocenters. The second-order valence-electron chi connectivity index (χ2n) is 5.67. The van der Waals surface area contributed by atoms with Crippen molar-refractivity contribution in [3.05, 3.63) is 35.9 Å². The summed E-state index contributed by atoms with van der Waals surface area (Å²) in [5.41, 5.74) is 1.04. The van der Waals surface area contributed by atoms with E-state index in [-0.39, 0.29) is 17.5 Å². The van der Waals surface area contributed by atoms with Crippen molar-refractivity contribution < 1.29 is 14.3 Å². The minimum Gasteiger partial charge on any atom is -0.461 e. The van der Waals surface area contributed by atoms with Gasteiger partial charge in [0.15, 0.2) is 0 Å². The van der Waals surface area contributed by atoms with E-state index in [0.29, 0.717) is 6.61 Å². The Kier molecular flexibility index (Phi) is 3.56. The van der Waals surface area contributed by atoms with Crippen molar-refractivity contribution in [1.29, 1.82) is 0 Å². The number of hydrogen-bond donors (Lipinski definition) is 0. The Bertz CT molecular complexity index is 435. The number of carbonyl (C=O) groups is 1. The van der Waals surface area contributed by atoms with Gasteiger partial charge >= 0.3 is 5.97 Å². The lowest BCUT2D eigenvalue weighted by Crippen LogP contribution is -2.25. The Balaban J connectivity index is 1.51. The molecule has 1 heterocycles. The Morgan fingerprint density at radius 3 is 2.89 bits per heavy atom. The summed E-state index contributed by atoms with van der Waals surface area (Å²) < 4.78 is 11.3. The second-order valence-corrected chi connectivity index (χ2v) is 5.67. The zero-order chi connectivity index (χ0) is 13.1. The number of rotatable bonds is 3. The molecule has 0 bridgehead atoms. The molecule has 0 N–H and O–H groups in total. The number of esters is 1. The smallest absolute Gasteiger partial charge is 0.309 e. The monoisotopic (exact) mass is 260 g/mol. The minimum atomic E-state index is -0.0590. The highest BCUT2D eigenvalue weighted by molar-refractivity contribution is 5.73. The average Bonchev–Trinajstić information content (AvgIpc) is 3.08. The topological polar surface area (TPSA) is 35.5 Å². The van der Waals surface area contributed by atoms with Crippen molar-refractivity contribution in [2.24, 2.45) is 5.92 Å². The van der Waals surface area contributed by atoms with Gasteiger partial charge in [0.25, 0.3) is 0 Å². The predicted octanol–water partition coefficient (Wildman–Crippen LogP) is 3.08. The molecule has 1 aromatic carbocycles. The van der Waals surface area contributed by atoms with E-state index in [2.05, 4.69) is 0 Å². The quantitative estimate of drug-likeness (QED) is 0.783. The first-order chi connectivity index (χ1) is 9.27. The van der Waals surface area contributed by atoms with Gasteiger partial charge in [0.2, 0.25) is 0 Å². The van der Waals surface area contributed by atoms with Crippen LogP contribution in [0.2, 0.25) is 0 Å². The third-order valence-corrected chi connectivity index (χ3v) is 4.31. The van der Waals surface area contributed by atoms with Gasteiger partial charge in [-0.05, 0) is 37.7 Å². The summed E-state index contributed by atoms with van der Waals surface area (Å²) in [4.78, 5) is 12.1. The highest BCUT2D eigenvalue weighted by atomic mass is 16.5. The standard InChI is InChI=1S/C16H20O3/c17-15(18-12-13-5-2-1-3-6-13)14-7-9-16(11-14)8-4-10-19-16/h1-3,5-6,14H,4,7-12H2. The molecule has 3 heteroatoms. The molecule has 19 heavy (non-hydrogen) atoms. The van der Waals surface area contributed by atoms with Crippen LogP contribution in [0.15, 0.2) is 30.3 Å². The predicted molar refractivity (Wildman–Crippen MR) is 71.5 cm³/mol. The summed E-state index contributed by atoms with van der Waals surface area (Å²) in [6.45, 7) is 1.23. The first-order valence-electron chi connectivity index (χ1n) is 7.12. The SMILES string of the molecule is O=C(OCc1ccccc1)C1CCC2(CCCO2)C1. The summed E-state index contributed by atoms with van der Waals surface area (Å²) in [5, 5.41) is 0. The molecule has 3 nitrogen and oxygen atoms in total. The van der Waals surface area contributed by atoms with Crippen LogP contribution in [0.3, 0.4) is 0 Å². The molecule has 2 unspecified atom stereocenters. The molecule has 0 aromatic heterocycles. The lowest BCUT2D eigenvalue weighted by Gasteiger charge is -2.21. The van der Waals surface area contributed by atoms with Crippen molar-refractivity contribution in [3.8, 4) is 0 Å². The van der Waals surface area contributed by atoms with Crippen molar-refractivity contribution in [3.63, 3.8) is 0 Å². The highest BCUT2D eigenvalue weighted by Crippen LogP contribution is 2.44. The molecule has 1 aliphatic carbocycles. The normalized spacial score (nSPS) is 29.8. The maximum Gasteiger partial charge on any atom is 0.309 e. The molecule has 3 rings (SSSR count). The third kappa shape index (κ3) is 2.81. The van der Waals surface area contributed by atoms with Gasteiger partial charge < -0.3 is 9.47 Å². The van der Waals surface area contributed by atoms with Gasteiger partial charge in [-0.15, -0.1) is 0 Å². The van der Waals surface area contributed by atoms with Crippen LogP contribution in [-0.2, 0) is 20.9 Å². The van der Waals surface area contributed by atoms with E-state index in [1.54, 1.807) is 0 Å². The van der Waals surface area contributed by atoms with Crippen LogP contribution in [-0.4, -0.2) is 18.2 Å². The van der Waals surface area contributed by atoms with Gasteiger partial charge in [-0.1, -0.05) is 30.3 Å². The number of carbonyl (C=O) groups excluding carboxylic acids is 1. The molecular weight excluding hydrogens is 240 g/mol. The van der Waals surface area contributed by atoms with Crippen LogP contribution in [0, 0.1) is 5.92 Å². The molecule has 1 saturated heterocycles. The van der Waals surface area contributed by atoms with Crippen LogP contribution in [0.25, 0.3) is 0 Å². The number of ether oxygens (including phenoxy) is 2. The zero-order valence-corrected chi connectivity index (χ0v) is 11.1. The Morgan fingerprint density at radius 1 is 1.32 bits per heavy atom. The molecule has 1 saturated carbocycles. The maximum atomic E-state index is 12.1. The van der Waals surface area contributed by atoms with Crippen LogP contribution in [0.5, 0.6) is 0 Å². The van der Waals surface area contributed by atoms with E-state index in [1.807, 2.05) is 30.3 Å². The van der Waals surface area contributed by atoms with E-state index in [4.69, 9.17) is 9.47 Å². The van der Waals surface area contributed by atoms with E-state index >= 15 is 0 Å². The fourth-order valence-electron chi connectivity index (χ4n) is 3.25. The van der Waals surface area contributed by atoms with E-state index in [1.165, 1.54) is 0 Å². The molecule has 2 fully saturated rings. The van der Waals surface area contributed by atoms with E-state index < -0.39 is 0 Å². The number of benzene rings is 1. The van der Waals surface area contributed by atoms with Gasteiger partial charge in [0.1, 0.15) is 6.61 Å². The Hall–Kier alpha value is -1.35. The largest absolute Gasteiger partial charge is 0.461 e. The van der Waals surface area contributed by atoms with Gasteiger partial charge in [-0.2, -0.15) is 0 Å². The lowest BCUT2D eigenvalue weighted by atomic mass is 9.97. The molecule has 1 aromatic rings. The fourth-order valence-corrected chi connectivity index (χ4v) is 3.25. The van der Waals surface area contributed by atoms with Crippen LogP contribution in [0.4, 0.5) is 0 Å². The first kappa shape index (κ1) is 12.7. The van der Waals surface area contributed by atoms with Gasteiger partial charge in [-0.25, -0.2) is 0 Å². The minimum absolute atomic E-state index is 0.00354. The van der Waals surface area contributed by atoms with Crippen molar-refractivity contribution in [2.75, 3.05) is 6.61 Å². The summed E-state index contributed by atoms with van der Waals surface area (Å²) in [6, 6.07) is 9.83. The molecule has 102 valence electrons. The van der Waals surface area contributed by atoms with Gasteiger partial charge in [0, 0.05) is 6.61 Å². The first-order valence-corrected chi connectivity index (χ1v) is 7.12. The van der Waals surface area contributed by atoms with Crippen molar-refractivity contribution in [1.82, 2.24) is 0 Å². The van der Waals surface area contributed by atoms with Crippen LogP contribution in [0.1, 0.15) is 37.7 Å². The lowest BCUT2D eigenvalue weighted by molar-refractivity contribution is -0.150. The number of hydrogen-bond acceptors (Lipinski definition) is 3. The summed E-state index contributed by atoms with van der Waals surface area (Å²) >= 11 is 0. The van der Waals surface area contributed by atoms with Gasteiger partial charge in [-0.3, -0.25) is 4.79 Å². The average molecular weight is 260 g/mol. The molecule has 0 radical (unpaired) electrons. The molecule has 2 aliphatic rings. The van der Waals surface area contributed by atoms with Crippen LogP contribution >= 0.6 is 0 Å². The van der Waals surface area contributed by atoms with Crippen LogP contribution < -0.4 is 0 Å². The molecular formula is C16H20O3. The Labute approximate surface area is 113 Å². The van der Waals surface area contributed by atoms with Crippen molar-refractivity contribution >= 4 is 5.97 Å². The van der Waals surface area contributed by atoms with E-state index in [0.717, 1.165) is 44.3 Å². The highest BCUT2D eigenvalue weighted by Gasteiger charge is 2.45. The van der Waals surface area contributed by atoms with Crippen molar-refractivity contribution in [2.45, 2.75) is 44.3 Å². The third-order valence-electron chi connectivity index (χ3n) is 4.31. The molecule has 1 aliphatic heterocycles. The zero-order valence-electron chi connectivity index (χ0n) is 11.1.